The molecule has 9 heteroatoms. The summed E-state index contributed by atoms with van der Waals surface area (Å²) in [7, 11) is 0. The van der Waals surface area contributed by atoms with Crippen LogP contribution in [0.1, 0.15) is 17.4 Å². The average molecular weight is 389 g/mol. The summed E-state index contributed by atoms with van der Waals surface area (Å²) in [6.07, 6.45) is 0. The highest BCUT2D eigenvalue weighted by Crippen LogP contribution is 2.29. The van der Waals surface area contributed by atoms with E-state index in [-0.39, 0.29) is 0 Å². The molecule has 0 aliphatic heterocycles. The number of aryl methyl sites for hydroxylation is 2. The molecule has 0 spiro atoms. The van der Waals surface area contributed by atoms with Gasteiger partial charge in [-0.05, 0) is 44.2 Å². The SMILES string of the molecule is Cc1cc(-c2nnc(CSc3nnc(-c4ccc(Cl)cc4)o3)o2)c(C)o1. The van der Waals surface area contributed by atoms with Crippen LogP contribution in [0.25, 0.3) is 22.9 Å². The van der Waals surface area contributed by atoms with Gasteiger partial charge in [-0.1, -0.05) is 23.4 Å². The van der Waals surface area contributed by atoms with Crippen molar-refractivity contribution in [2.75, 3.05) is 0 Å². The summed E-state index contributed by atoms with van der Waals surface area (Å²) in [6.45, 7) is 3.73. The minimum atomic E-state index is 0.421. The van der Waals surface area contributed by atoms with Crippen LogP contribution in [0.3, 0.4) is 0 Å². The molecular weight excluding hydrogens is 376 g/mol. The lowest BCUT2D eigenvalue weighted by molar-refractivity contribution is 0.464. The van der Waals surface area contributed by atoms with Crippen molar-refractivity contribution in [3.05, 3.63) is 52.8 Å². The molecule has 0 radical (unpaired) electrons. The second kappa shape index (κ2) is 6.97. The topological polar surface area (TPSA) is 91.0 Å². The molecule has 0 aliphatic rings. The molecular formula is C17H13ClN4O3S. The molecule has 7 nitrogen and oxygen atoms in total. The third kappa shape index (κ3) is 3.51. The van der Waals surface area contributed by atoms with E-state index in [2.05, 4.69) is 20.4 Å². The Balaban J connectivity index is 1.43. The van der Waals surface area contributed by atoms with Crippen LogP contribution in [0.5, 0.6) is 0 Å². The number of benzene rings is 1. The van der Waals surface area contributed by atoms with Crippen LogP contribution in [-0.2, 0) is 5.75 Å². The van der Waals surface area contributed by atoms with Gasteiger partial charge in [-0.3, -0.25) is 0 Å². The molecule has 0 unspecified atom stereocenters. The highest BCUT2D eigenvalue weighted by Gasteiger charge is 2.16. The molecule has 26 heavy (non-hydrogen) atoms. The van der Waals surface area contributed by atoms with Crippen LogP contribution in [0.2, 0.25) is 5.02 Å². The lowest BCUT2D eigenvalue weighted by atomic mass is 10.2. The molecule has 0 N–H and O–H groups in total. The van der Waals surface area contributed by atoms with Crippen molar-refractivity contribution in [2.45, 2.75) is 24.8 Å². The van der Waals surface area contributed by atoms with Crippen molar-refractivity contribution in [2.24, 2.45) is 0 Å². The molecule has 0 aliphatic carbocycles. The monoisotopic (exact) mass is 388 g/mol. The van der Waals surface area contributed by atoms with Gasteiger partial charge in [0.25, 0.3) is 11.1 Å². The summed E-state index contributed by atoms with van der Waals surface area (Å²) < 4.78 is 16.8. The summed E-state index contributed by atoms with van der Waals surface area (Å²) in [5, 5.41) is 17.2. The van der Waals surface area contributed by atoms with Crippen molar-refractivity contribution >= 4 is 23.4 Å². The van der Waals surface area contributed by atoms with Gasteiger partial charge in [0, 0.05) is 10.6 Å². The Labute approximate surface area is 157 Å². The Hall–Kier alpha value is -2.58. The second-order valence-corrected chi connectivity index (χ2v) is 6.86. The first kappa shape index (κ1) is 16.9. The largest absolute Gasteiger partial charge is 0.466 e. The standard InChI is InChI=1S/C17H13ClN4O3S/c1-9-7-13(10(2)23-9)16-21-19-14(24-16)8-26-17-22-20-15(25-17)11-3-5-12(18)6-4-11/h3-7H,8H2,1-2H3. The smallest absolute Gasteiger partial charge is 0.277 e. The van der Waals surface area contributed by atoms with E-state index < -0.39 is 0 Å². The van der Waals surface area contributed by atoms with Gasteiger partial charge in [-0.2, -0.15) is 0 Å². The predicted octanol–water partition coefficient (Wildman–Crippen LogP) is 4.94. The average Bonchev–Trinajstić information content (AvgIpc) is 3.33. The van der Waals surface area contributed by atoms with E-state index in [1.807, 2.05) is 32.0 Å². The van der Waals surface area contributed by atoms with Gasteiger partial charge in [-0.15, -0.1) is 20.4 Å². The van der Waals surface area contributed by atoms with Gasteiger partial charge < -0.3 is 13.3 Å². The van der Waals surface area contributed by atoms with Crippen LogP contribution >= 0.6 is 23.4 Å². The molecule has 1 aromatic carbocycles. The summed E-state index contributed by atoms with van der Waals surface area (Å²) in [5.74, 6) is 3.30. The maximum Gasteiger partial charge on any atom is 0.277 e. The van der Waals surface area contributed by atoms with E-state index in [0.717, 1.165) is 22.6 Å². The van der Waals surface area contributed by atoms with E-state index in [4.69, 9.17) is 24.9 Å². The Morgan fingerprint density at radius 2 is 1.69 bits per heavy atom. The first-order valence-corrected chi connectivity index (χ1v) is 9.07. The van der Waals surface area contributed by atoms with Gasteiger partial charge in [0.05, 0.1) is 11.3 Å². The molecule has 0 bridgehead atoms. The van der Waals surface area contributed by atoms with Crippen LogP contribution in [0.4, 0.5) is 0 Å². The third-order valence-electron chi connectivity index (χ3n) is 3.55. The minimum absolute atomic E-state index is 0.421. The first-order chi connectivity index (χ1) is 12.6. The predicted molar refractivity (Wildman–Crippen MR) is 95.8 cm³/mol. The molecule has 4 rings (SSSR count). The molecule has 0 fully saturated rings. The number of rotatable bonds is 5. The van der Waals surface area contributed by atoms with Gasteiger partial charge in [0.15, 0.2) is 0 Å². The zero-order valence-corrected chi connectivity index (χ0v) is 15.5. The lowest BCUT2D eigenvalue weighted by Crippen LogP contribution is -1.80. The molecule has 0 saturated carbocycles. The Morgan fingerprint density at radius 3 is 2.42 bits per heavy atom. The molecule has 3 heterocycles. The molecule has 0 saturated heterocycles. The fourth-order valence-corrected chi connectivity index (χ4v) is 3.09. The van der Waals surface area contributed by atoms with Crippen molar-refractivity contribution in [3.63, 3.8) is 0 Å². The quantitative estimate of drug-likeness (QED) is 0.444. The molecule has 3 aromatic heterocycles. The van der Waals surface area contributed by atoms with E-state index in [1.165, 1.54) is 11.8 Å². The van der Waals surface area contributed by atoms with Crippen molar-refractivity contribution < 1.29 is 13.3 Å². The molecule has 132 valence electrons. The number of nitrogens with zero attached hydrogens (tertiary/aromatic N) is 4. The fourth-order valence-electron chi connectivity index (χ4n) is 2.36. The van der Waals surface area contributed by atoms with Crippen LogP contribution < -0.4 is 0 Å². The highest BCUT2D eigenvalue weighted by molar-refractivity contribution is 7.98. The highest BCUT2D eigenvalue weighted by atomic mass is 35.5. The lowest BCUT2D eigenvalue weighted by Gasteiger charge is -1.94. The number of aromatic nitrogens is 4. The van der Waals surface area contributed by atoms with Gasteiger partial charge >= 0.3 is 0 Å². The van der Waals surface area contributed by atoms with Crippen LogP contribution in [-0.4, -0.2) is 20.4 Å². The maximum absolute atomic E-state index is 5.88. The van der Waals surface area contributed by atoms with Crippen molar-refractivity contribution in [1.29, 1.82) is 0 Å². The van der Waals surface area contributed by atoms with E-state index in [9.17, 15) is 0 Å². The number of thioether (sulfide) groups is 1. The van der Waals surface area contributed by atoms with E-state index in [1.54, 1.807) is 12.1 Å². The summed E-state index contributed by atoms with van der Waals surface area (Å²) in [5.41, 5.74) is 1.61. The van der Waals surface area contributed by atoms with Gasteiger partial charge in [0.1, 0.15) is 11.5 Å². The van der Waals surface area contributed by atoms with E-state index >= 15 is 0 Å². The Morgan fingerprint density at radius 1 is 0.923 bits per heavy atom. The molecule has 4 aromatic rings. The molecule has 0 amide bonds. The maximum atomic E-state index is 5.88. The number of halogens is 1. The summed E-state index contributed by atoms with van der Waals surface area (Å²) in [6, 6.07) is 9.06. The number of hydrogen-bond donors (Lipinski definition) is 0. The van der Waals surface area contributed by atoms with E-state index in [0.29, 0.717) is 33.7 Å². The zero-order valence-electron chi connectivity index (χ0n) is 13.9. The second-order valence-electron chi connectivity index (χ2n) is 5.50. The van der Waals surface area contributed by atoms with Crippen molar-refractivity contribution in [1.82, 2.24) is 20.4 Å². The number of hydrogen-bond acceptors (Lipinski definition) is 8. The normalized spacial score (nSPS) is 11.2. The van der Waals surface area contributed by atoms with Crippen LogP contribution in [0.15, 0.2) is 48.8 Å². The molecule has 0 atom stereocenters. The van der Waals surface area contributed by atoms with Crippen LogP contribution in [0, 0.1) is 13.8 Å². The fraction of sp³-hybridized carbons (Fsp3) is 0.176. The Bertz CT molecular complexity index is 1040. The van der Waals surface area contributed by atoms with Gasteiger partial charge in [-0.25, -0.2) is 0 Å². The zero-order chi connectivity index (χ0) is 18.1. The van der Waals surface area contributed by atoms with Crippen molar-refractivity contribution in [3.8, 4) is 22.9 Å². The number of furan rings is 1. The minimum Gasteiger partial charge on any atom is -0.466 e. The van der Waals surface area contributed by atoms with Gasteiger partial charge in [0.2, 0.25) is 11.8 Å². The summed E-state index contributed by atoms with van der Waals surface area (Å²) >= 11 is 7.20. The third-order valence-corrected chi connectivity index (χ3v) is 4.61. The summed E-state index contributed by atoms with van der Waals surface area (Å²) in [4.78, 5) is 0. The Kier molecular flexibility index (Phi) is 4.52. The first-order valence-electron chi connectivity index (χ1n) is 7.70.